The zero-order valence-electron chi connectivity index (χ0n) is 11.6. The highest BCUT2D eigenvalue weighted by Gasteiger charge is 2.13. The van der Waals surface area contributed by atoms with E-state index in [0.29, 0.717) is 6.54 Å². The van der Waals surface area contributed by atoms with Crippen LogP contribution in [-0.2, 0) is 13.5 Å². The molecule has 0 aliphatic heterocycles. The van der Waals surface area contributed by atoms with Crippen LogP contribution >= 0.6 is 0 Å². The molecule has 1 aromatic carbocycles. The largest absolute Gasteiger partial charge is 0.330 e. The highest BCUT2D eigenvalue weighted by molar-refractivity contribution is 5.72. The Morgan fingerprint density at radius 3 is 2.33 bits per heavy atom. The zero-order chi connectivity index (χ0) is 13.3. The first-order valence-electron chi connectivity index (χ1n) is 6.33. The van der Waals surface area contributed by atoms with Gasteiger partial charge >= 0.3 is 0 Å². The van der Waals surface area contributed by atoms with Gasteiger partial charge in [-0.3, -0.25) is 4.68 Å². The standard InChI is InChI=1S/C15H21N3/c1-10-7-11(2)15(12(3)8-10)13-9-18(4)17-14(13)5-6-16/h7-9H,5-6,16H2,1-4H3. The molecule has 2 rings (SSSR count). The molecule has 2 aromatic rings. The summed E-state index contributed by atoms with van der Waals surface area (Å²) < 4.78 is 1.87. The van der Waals surface area contributed by atoms with E-state index in [2.05, 4.69) is 44.2 Å². The molecule has 0 unspecified atom stereocenters. The predicted molar refractivity (Wildman–Crippen MR) is 75.6 cm³/mol. The van der Waals surface area contributed by atoms with E-state index in [9.17, 15) is 0 Å². The fraction of sp³-hybridized carbons (Fsp3) is 0.400. The molecule has 0 atom stereocenters. The molecule has 96 valence electrons. The van der Waals surface area contributed by atoms with E-state index in [1.807, 2.05) is 11.7 Å². The van der Waals surface area contributed by atoms with Crippen molar-refractivity contribution in [2.75, 3.05) is 6.54 Å². The first-order valence-corrected chi connectivity index (χ1v) is 6.33. The molecule has 3 nitrogen and oxygen atoms in total. The van der Waals surface area contributed by atoms with E-state index in [1.54, 1.807) is 0 Å². The van der Waals surface area contributed by atoms with Gasteiger partial charge in [-0.25, -0.2) is 0 Å². The molecule has 1 heterocycles. The third kappa shape index (κ3) is 2.31. The van der Waals surface area contributed by atoms with E-state index in [-0.39, 0.29) is 0 Å². The summed E-state index contributed by atoms with van der Waals surface area (Å²) in [7, 11) is 1.96. The maximum atomic E-state index is 5.67. The molecule has 0 radical (unpaired) electrons. The molecule has 0 aliphatic rings. The van der Waals surface area contributed by atoms with Crippen molar-refractivity contribution in [3.63, 3.8) is 0 Å². The van der Waals surface area contributed by atoms with E-state index >= 15 is 0 Å². The van der Waals surface area contributed by atoms with E-state index in [4.69, 9.17) is 5.73 Å². The van der Waals surface area contributed by atoms with Crippen molar-refractivity contribution in [2.45, 2.75) is 27.2 Å². The van der Waals surface area contributed by atoms with Crippen molar-refractivity contribution in [3.8, 4) is 11.1 Å². The Hall–Kier alpha value is -1.61. The number of aryl methyl sites for hydroxylation is 4. The molecule has 1 aromatic heterocycles. The number of hydrogen-bond acceptors (Lipinski definition) is 2. The van der Waals surface area contributed by atoms with Crippen molar-refractivity contribution < 1.29 is 0 Å². The second-order valence-electron chi connectivity index (χ2n) is 4.98. The predicted octanol–water partition coefficient (Wildman–Crippen LogP) is 2.51. The van der Waals surface area contributed by atoms with Crippen molar-refractivity contribution in [1.82, 2.24) is 9.78 Å². The summed E-state index contributed by atoms with van der Waals surface area (Å²) in [5.74, 6) is 0. The smallest absolute Gasteiger partial charge is 0.0715 e. The molecule has 3 heteroatoms. The van der Waals surface area contributed by atoms with Gasteiger partial charge in [-0.15, -0.1) is 0 Å². The molecule has 0 fully saturated rings. The van der Waals surface area contributed by atoms with Crippen LogP contribution in [0.25, 0.3) is 11.1 Å². The second kappa shape index (κ2) is 4.94. The lowest BCUT2D eigenvalue weighted by atomic mass is 9.93. The fourth-order valence-corrected chi connectivity index (χ4v) is 2.67. The highest BCUT2D eigenvalue weighted by Crippen LogP contribution is 2.30. The minimum atomic E-state index is 0.633. The summed E-state index contributed by atoms with van der Waals surface area (Å²) in [6.45, 7) is 7.09. The topological polar surface area (TPSA) is 43.8 Å². The molecule has 0 saturated carbocycles. The molecule has 0 spiro atoms. The highest BCUT2D eigenvalue weighted by atomic mass is 15.2. The van der Waals surface area contributed by atoms with Gasteiger partial charge in [0.15, 0.2) is 0 Å². The molecular formula is C15H21N3. The van der Waals surface area contributed by atoms with Crippen molar-refractivity contribution in [2.24, 2.45) is 12.8 Å². The van der Waals surface area contributed by atoms with Gasteiger partial charge in [-0.2, -0.15) is 5.10 Å². The number of hydrogen-bond donors (Lipinski definition) is 1. The minimum Gasteiger partial charge on any atom is -0.330 e. The van der Waals surface area contributed by atoms with Crippen LogP contribution in [-0.4, -0.2) is 16.3 Å². The summed E-state index contributed by atoms with van der Waals surface area (Å²) >= 11 is 0. The first kappa shape index (κ1) is 12.8. The van der Waals surface area contributed by atoms with Crippen molar-refractivity contribution in [1.29, 1.82) is 0 Å². The van der Waals surface area contributed by atoms with Crippen molar-refractivity contribution in [3.05, 3.63) is 40.7 Å². The Balaban J connectivity index is 2.61. The van der Waals surface area contributed by atoms with Crippen LogP contribution in [0.1, 0.15) is 22.4 Å². The summed E-state index contributed by atoms with van der Waals surface area (Å²) in [4.78, 5) is 0. The average molecular weight is 243 g/mol. The van der Waals surface area contributed by atoms with Gasteiger partial charge in [-0.05, 0) is 44.0 Å². The molecule has 0 bridgehead atoms. The summed E-state index contributed by atoms with van der Waals surface area (Å²) in [6.07, 6.45) is 2.92. The van der Waals surface area contributed by atoms with Gasteiger partial charge < -0.3 is 5.73 Å². The SMILES string of the molecule is Cc1cc(C)c(-c2cn(C)nc2CCN)c(C)c1. The lowest BCUT2D eigenvalue weighted by Crippen LogP contribution is -2.05. The fourth-order valence-electron chi connectivity index (χ4n) is 2.67. The summed E-state index contributed by atoms with van der Waals surface area (Å²) in [5, 5.41) is 4.52. The van der Waals surface area contributed by atoms with Crippen LogP contribution < -0.4 is 5.73 Å². The van der Waals surface area contributed by atoms with Crippen LogP contribution in [0.2, 0.25) is 0 Å². The molecule has 0 aliphatic carbocycles. The Morgan fingerprint density at radius 2 is 1.78 bits per heavy atom. The quantitative estimate of drug-likeness (QED) is 0.900. The monoisotopic (exact) mass is 243 g/mol. The molecule has 18 heavy (non-hydrogen) atoms. The Kier molecular flexibility index (Phi) is 3.53. The number of rotatable bonds is 3. The van der Waals surface area contributed by atoms with Crippen LogP contribution in [0, 0.1) is 20.8 Å². The van der Waals surface area contributed by atoms with Crippen LogP contribution in [0.3, 0.4) is 0 Å². The zero-order valence-corrected chi connectivity index (χ0v) is 11.6. The van der Waals surface area contributed by atoms with Gasteiger partial charge in [0.1, 0.15) is 0 Å². The van der Waals surface area contributed by atoms with Crippen LogP contribution in [0.15, 0.2) is 18.3 Å². The van der Waals surface area contributed by atoms with Crippen molar-refractivity contribution >= 4 is 0 Å². The maximum absolute atomic E-state index is 5.67. The summed E-state index contributed by atoms with van der Waals surface area (Å²) in [6, 6.07) is 4.45. The third-order valence-electron chi connectivity index (χ3n) is 3.23. The maximum Gasteiger partial charge on any atom is 0.0715 e. The van der Waals surface area contributed by atoms with Gasteiger partial charge in [0.05, 0.1) is 5.69 Å². The molecule has 0 saturated heterocycles. The second-order valence-corrected chi connectivity index (χ2v) is 4.98. The number of nitrogens with two attached hydrogens (primary N) is 1. The molecular weight excluding hydrogens is 222 g/mol. The van der Waals surface area contributed by atoms with Gasteiger partial charge in [0, 0.05) is 25.2 Å². The lowest BCUT2D eigenvalue weighted by molar-refractivity contribution is 0.739. The minimum absolute atomic E-state index is 0.633. The van der Waals surface area contributed by atoms with E-state index in [0.717, 1.165) is 12.1 Å². The Labute approximate surface area is 109 Å². The Bertz CT molecular complexity index is 544. The first-order chi connectivity index (χ1) is 8.52. The van der Waals surface area contributed by atoms with Crippen LogP contribution in [0.4, 0.5) is 0 Å². The average Bonchev–Trinajstić information content (AvgIpc) is 2.58. The van der Waals surface area contributed by atoms with E-state index < -0.39 is 0 Å². The lowest BCUT2D eigenvalue weighted by Gasteiger charge is -2.11. The third-order valence-corrected chi connectivity index (χ3v) is 3.23. The number of aromatic nitrogens is 2. The molecule has 2 N–H and O–H groups in total. The normalized spacial score (nSPS) is 10.9. The van der Waals surface area contributed by atoms with Gasteiger partial charge in [0.2, 0.25) is 0 Å². The number of benzene rings is 1. The van der Waals surface area contributed by atoms with E-state index in [1.165, 1.54) is 27.8 Å². The Morgan fingerprint density at radius 1 is 1.17 bits per heavy atom. The van der Waals surface area contributed by atoms with Crippen LogP contribution in [0.5, 0.6) is 0 Å². The van der Waals surface area contributed by atoms with Gasteiger partial charge in [-0.1, -0.05) is 17.7 Å². The molecule has 0 amide bonds. The number of nitrogens with zero attached hydrogens (tertiary/aromatic N) is 2. The van der Waals surface area contributed by atoms with Gasteiger partial charge in [0.25, 0.3) is 0 Å². The summed E-state index contributed by atoms with van der Waals surface area (Å²) in [5.41, 5.74) is 13.2.